The molecule has 1 aromatic carbocycles. The van der Waals surface area contributed by atoms with E-state index in [1.165, 1.54) is 11.1 Å². The predicted octanol–water partition coefficient (Wildman–Crippen LogP) is 9.03. The van der Waals surface area contributed by atoms with E-state index in [1.807, 2.05) is 12.1 Å². The molecule has 2 saturated carbocycles. The van der Waals surface area contributed by atoms with Crippen LogP contribution in [0.4, 0.5) is 30.7 Å². The molecule has 6 atom stereocenters. The van der Waals surface area contributed by atoms with Gasteiger partial charge in [0.15, 0.2) is 0 Å². The number of aryl methyl sites for hydroxylation is 1. The van der Waals surface area contributed by atoms with Gasteiger partial charge in [-0.25, -0.2) is 0 Å². The van der Waals surface area contributed by atoms with Gasteiger partial charge in [-0.2, -0.15) is 30.7 Å². The fraction of sp³-hybridized carbons (Fsp3) is 0.794. The number of carbonyl (C=O) groups is 1. The van der Waals surface area contributed by atoms with Gasteiger partial charge in [0.2, 0.25) is 5.91 Å². The Morgan fingerprint density at radius 3 is 2.20 bits per heavy atom. The maximum atomic E-state index is 13.6. The van der Waals surface area contributed by atoms with Crippen LogP contribution < -0.4 is 0 Å². The zero-order chi connectivity index (χ0) is 33.2. The summed E-state index contributed by atoms with van der Waals surface area (Å²) in [6, 6.07) is 5.85. The number of fused-ring (bicyclic) bond motifs is 5. The minimum atomic E-state index is -6.41. The van der Waals surface area contributed by atoms with Crippen molar-refractivity contribution in [2.24, 2.45) is 23.2 Å². The van der Waals surface area contributed by atoms with Crippen LogP contribution in [-0.2, 0) is 11.2 Å². The Kier molecular flexibility index (Phi) is 11.1. The van der Waals surface area contributed by atoms with Crippen molar-refractivity contribution in [2.75, 3.05) is 13.6 Å². The molecule has 0 aliphatic heterocycles. The molecule has 2 fully saturated rings. The molecule has 1 amide bonds. The third-order valence-corrected chi connectivity index (χ3v) is 11.2. The second-order valence-electron chi connectivity index (χ2n) is 14.2. The number of aliphatic hydroxyl groups excluding tert-OH is 1. The number of halogens is 7. The quantitative estimate of drug-likeness (QED) is 0.156. The molecular formula is C34H48F7NO3. The maximum Gasteiger partial charge on any atom is 0.459 e. The summed E-state index contributed by atoms with van der Waals surface area (Å²) in [6.07, 6.45) is 6.27. The Labute approximate surface area is 261 Å². The number of amides is 1. The lowest BCUT2D eigenvalue weighted by atomic mass is 9.51. The van der Waals surface area contributed by atoms with Crippen molar-refractivity contribution in [1.82, 2.24) is 4.90 Å². The number of alkyl halides is 7. The number of aliphatic hydroxyl groups is 1. The average Bonchev–Trinajstić information content (AvgIpc) is 3.25. The lowest BCUT2D eigenvalue weighted by Crippen LogP contribution is -2.57. The Bertz CT molecular complexity index is 1160. The zero-order valence-electron chi connectivity index (χ0n) is 26.3. The van der Waals surface area contributed by atoms with Crippen molar-refractivity contribution in [2.45, 2.75) is 133 Å². The molecule has 1 aromatic rings. The summed E-state index contributed by atoms with van der Waals surface area (Å²) in [5.41, 5.74) is 2.61. The molecule has 4 nitrogen and oxygen atoms in total. The average molecular weight is 652 g/mol. The van der Waals surface area contributed by atoms with E-state index in [0.29, 0.717) is 42.3 Å². The third kappa shape index (κ3) is 7.59. The number of aromatic hydroxyl groups is 1. The largest absolute Gasteiger partial charge is 0.508 e. The Morgan fingerprint density at radius 2 is 1.56 bits per heavy atom. The van der Waals surface area contributed by atoms with Gasteiger partial charge in [-0.15, -0.1) is 0 Å². The number of phenols is 1. The first-order chi connectivity index (χ1) is 21.0. The lowest BCUT2D eigenvalue weighted by Gasteiger charge is -2.54. The predicted molar refractivity (Wildman–Crippen MR) is 157 cm³/mol. The number of nitrogens with zero attached hydrogens (tertiary/aromatic N) is 1. The summed E-state index contributed by atoms with van der Waals surface area (Å²) in [6.45, 7) is 0.287. The van der Waals surface area contributed by atoms with Crippen LogP contribution in [0.25, 0.3) is 0 Å². The maximum absolute atomic E-state index is 13.6. The smallest absolute Gasteiger partial charge is 0.459 e. The van der Waals surface area contributed by atoms with Crippen molar-refractivity contribution in [3.63, 3.8) is 0 Å². The molecule has 11 heteroatoms. The van der Waals surface area contributed by atoms with E-state index in [2.05, 4.69) is 13.0 Å². The van der Waals surface area contributed by atoms with Gasteiger partial charge in [-0.3, -0.25) is 4.79 Å². The molecule has 45 heavy (non-hydrogen) atoms. The number of hydrogen-bond acceptors (Lipinski definition) is 3. The third-order valence-electron chi connectivity index (χ3n) is 11.2. The van der Waals surface area contributed by atoms with Crippen LogP contribution in [0.5, 0.6) is 5.75 Å². The van der Waals surface area contributed by atoms with Gasteiger partial charge in [0.1, 0.15) is 5.75 Å². The van der Waals surface area contributed by atoms with Crippen molar-refractivity contribution >= 4 is 5.91 Å². The summed E-state index contributed by atoms with van der Waals surface area (Å²) in [4.78, 5) is 12.3. The monoisotopic (exact) mass is 651 g/mol. The summed E-state index contributed by atoms with van der Waals surface area (Å²) < 4.78 is 90.3. The highest BCUT2D eigenvalue weighted by molar-refractivity contribution is 5.75. The summed E-state index contributed by atoms with van der Waals surface area (Å²) in [5.74, 6) is -10.2. The lowest BCUT2D eigenvalue weighted by molar-refractivity contribution is -0.355. The molecule has 0 saturated heterocycles. The number of unbranched alkanes of at least 4 members (excludes halogenated alkanes) is 7. The van der Waals surface area contributed by atoms with E-state index in [9.17, 15) is 45.7 Å². The summed E-state index contributed by atoms with van der Waals surface area (Å²) in [5, 5.41) is 21.0. The highest BCUT2D eigenvalue weighted by atomic mass is 19.4. The minimum absolute atomic E-state index is 0.0362. The van der Waals surface area contributed by atoms with Crippen LogP contribution in [0.1, 0.15) is 114 Å². The first-order valence-electron chi connectivity index (χ1n) is 16.6. The first-order valence-corrected chi connectivity index (χ1v) is 16.6. The zero-order valence-corrected chi connectivity index (χ0v) is 26.3. The standard InChI is InChI=1S/C34H48F7NO3/c1-31-20-23(30-25-16-14-24(43)19-22(25)13-15-26(30)27(31)17-18-28(31)44)11-9-7-5-3-4-6-8-10-12-29(45)42(2)21-32(35,36)33(37,38)34(39,40)41/h14,16,19,23,26-28,30,43-44H,3-13,15,17-18,20-21H2,1-2H3/t23-,26-,27-,28-,30+,31-/m0/s1. The van der Waals surface area contributed by atoms with Gasteiger partial charge < -0.3 is 15.1 Å². The fourth-order valence-corrected chi connectivity index (χ4v) is 8.76. The molecule has 0 spiro atoms. The van der Waals surface area contributed by atoms with E-state index in [0.717, 1.165) is 84.1 Å². The number of rotatable bonds is 14. The molecule has 0 radical (unpaired) electrons. The Hall–Kier alpha value is -2.04. The first kappa shape index (κ1) is 35.8. The number of hydrogen-bond donors (Lipinski definition) is 2. The highest BCUT2D eigenvalue weighted by Crippen LogP contribution is 2.63. The van der Waals surface area contributed by atoms with Gasteiger partial charge in [0.25, 0.3) is 0 Å². The molecule has 4 rings (SSSR count). The van der Waals surface area contributed by atoms with Gasteiger partial charge >= 0.3 is 18.0 Å². The molecule has 3 aliphatic rings. The Balaban J connectivity index is 1.15. The minimum Gasteiger partial charge on any atom is -0.508 e. The van der Waals surface area contributed by atoms with Crippen LogP contribution in [0.15, 0.2) is 18.2 Å². The van der Waals surface area contributed by atoms with Crippen LogP contribution in [-0.4, -0.2) is 58.7 Å². The molecule has 256 valence electrons. The SMILES string of the molecule is CN(CC(F)(F)C(F)(F)C(F)(F)F)C(=O)CCCCCCCCCC[C@H]1C[C@]2(C)[C@@H](O)CC[C@H]2[C@@H]2CCc3cc(O)ccc3[C@@H]12. The van der Waals surface area contributed by atoms with Crippen molar-refractivity contribution in [3.8, 4) is 5.75 Å². The normalized spacial score (nSPS) is 28.4. The molecule has 0 bridgehead atoms. The molecule has 0 heterocycles. The van der Waals surface area contributed by atoms with Gasteiger partial charge in [0.05, 0.1) is 12.6 Å². The van der Waals surface area contributed by atoms with E-state index in [4.69, 9.17) is 0 Å². The highest BCUT2D eigenvalue weighted by Gasteiger charge is 2.73. The number of benzene rings is 1. The van der Waals surface area contributed by atoms with E-state index >= 15 is 0 Å². The van der Waals surface area contributed by atoms with Crippen molar-refractivity contribution < 1.29 is 45.7 Å². The second kappa shape index (κ2) is 14.0. The molecule has 0 aromatic heterocycles. The van der Waals surface area contributed by atoms with Gasteiger partial charge in [0, 0.05) is 13.5 Å². The van der Waals surface area contributed by atoms with Gasteiger partial charge in [-0.1, -0.05) is 57.9 Å². The van der Waals surface area contributed by atoms with Crippen LogP contribution in [0.2, 0.25) is 0 Å². The summed E-state index contributed by atoms with van der Waals surface area (Å²) >= 11 is 0. The fourth-order valence-electron chi connectivity index (χ4n) is 8.76. The molecular weight excluding hydrogens is 603 g/mol. The van der Waals surface area contributed by atoms with E-state index in [-0.39, 0.29) is 22.8 Å². The number of phenolic OH excluding ortho intramolecular Hbond substituents is 1. The molecule has 2 N–H and O–H groups in total. The number of carbonyl (C=O) groups excluding carboxylic acids is 1. The van der Waals surface area contributed by atoms with Crippen LogP contribution in [0, 0.1) is 23.2 Å². The second-order valence-corrected chi connectivity index (χ2v) is 14.2. The topological polar surface area (TPSA) is 60.8 Å². The van der Waals surface area contributed by atoms with Gasteiger partial charge in [-0.05, 0) is 97.3 Å². The van der Waals surface area contributed by atoms with Crippen LogP contribution >= 0.6 is 0 Å². The Morgan fingerprint density at radius 1 is 0.933 bits per heavy atom. The van der Waals surface area contributed by atoms with Crippen molar-refractivity contribution in [1.29, 1.82) is 0 Å². The molecule has 0 unspecified atom stereocenters. The summed E-state index contributed by atoms with van der Waals surface area (Å²) in [7, 11) is 0.808. The van der Waals surface area contributed by atoms with Crippen molar-refractivity contribution in [3.05, 3.63) is 29.3 Å². The van der Waals surface area contributed by atoms with E-state index < -0.39 is 30.5 Å². The molecule has 3 aliphatic carbocycles. The van der Waals surface area contributed by atoms with E-state index in [1.54, 1.807) is 0 Å². The van der Waals surface area contributed by atoms with Crippen LogP contribution in [0.3, 0.4) is 0 Å².